The molecule has 0 aliphatic carbocycles. The molecule has 2 N–H and O–H groups in total. The molecule has 0 saturated carbocycles. The predicted molar refractivity (Wildman–Crippen MR) is 141 cm³/mol. The zero-order valence-corrected chi connectivity index (χ0v) is 23.7. The fourth-order valence-electron chi connectivity index (χ4n) is 3.95. The summed E-state index contributed by atoms with van der Waals surface area (Å²) in [6, 6.07) is 12.0. The normalized spacial score (nSPS) is 14.0. The quantitative estimate of drug-likeness (QED) is 0.471. The summed E-state index contributed by atoms with van der Waals surface area (Å²) in [7, 11) is -4.50. The SMILES string of the molecule is CC(C)(C)c1[c]c(Cc2cc(C(C)(C)C)cc(C(C)(C)C)c2P(=O)(O)O)cc(C(C)(C)C)c1. The highest BCUT2D eigenvalue weighted by Crippen LogP contribution is 2.42. The number of benzene rings is 2. The van der Waals surface area contributed by atoms with Crippen molar-refractivity contribution in [3.63, 3.8) is 0 Å². The summed E-state index contributed by atoms with van der Waals surface area (Å²) in [4.78, 5) is 20.9. The zero-order valence-electron chi connectivity index (χ0n) is 22.8. The summed E-state index contributed by atoms with van der Waals surface area (Å²) in [5.41, 5.74) is 5.13. The summed E-state index contributed by atoms with van der Waals surface area (Å²) in [6.07, 6.45) is 0.431. The Morgan fingerprint density at radius 2 is 1.18 bits per heavy atom. The van der Waals surface area contributed by atoms with Crippen LogP contribution in [0.15, 0.2) is 24.3 Å². The van der Waals surface area contributed by atoms with Gasteiger partial charge in [-0.2, -0.15) is 0 Å². The van der Waals surface area contributed by atoms with Crippen molar-refractivity contribution in [3.8, 4) is 0 Å². The molecule has 0 aromatic heterocycles. The van der Waals surface area contributed by atoms with Crippen molar-refractivity contribution in [3.05, 3.63) is 63.7 Å². The van der Waals surface area contributed by atoms with Crippen molar-refractivity contribution >= 4 is 12.9 Å². The molecule has 0 aliphatic rings. The molecule has 0 atom stereocenters. The maximum Gasteiger partial charge on any atom is 0.356 e. The van der Waals surface area contributed by atoms with Gasteiger partial charge in [0.1, 0.15) is 0 Å². The molecule has 0 spiro atoms. The first-order valence-electron chi connectivity index (χ1n) is 11.8. The van der Waals surface area contributed by atoms with Gasteiger partial charge in [-0.05, 0) is 67.5 Å². The molecule has 2 aromatic rings. The smallest absolute Gasteiger partial charge is 0.321 e. The summed E-state index contributed by atoms with van der Waals surface area (Å²) in [6.45, 7) is 25.6. The van der Waals surface area contributed by atoms with Crippen LogP contribution in [0, 0.1) is 6.07 Å². The molecule has 183 valence electrons. The van der Waals surface area contributed by atoms with Gasteiger partial charge in [0, 0.05) is 0 Å². The highest BCUT2D eigenvalue weighted by atomic mass is 31.2. The maximum atomic E-state index is 12.8. The third kappa shape index (κ3) is 6.81. The first-order valence-corrected chi connectivity index (χ1v) is 13.4. The minimum absolute atomic E-state index is 0.0419. The Hall–Kier alpha value is -1.41. The van der Waals surface area contributed by atoms with E-state index in [2.05, 4.69) is 80.5 Å². The van der Waals surface area contributed by atoms with E-state index in [1.54, 1.807) is 0 Å². The Labute approximate surface area is 202 Å². The summed E-state index contributed by atoms with van der Waals surface area (Å²) in [5.74, 6) is 0. The van der Waals surface area contributed by atoms with E-state index in [0.717, 1.165) is 22.3 Å². The molecule has 0 bridgehead atoms. The van der Waals surface area contributed by atoms with Crippen molar-refractivity contribution in [1.29, 1.82) is 0 Å². The number of hydrogen-bond donors (Lipinski definition) is 2. The van der Waals surface area contributed by atoms with Crippen LogP contribution < -0.4 is 5.30 Å². The molecule has 0 fully saturated rings. The van der Waals surface area contributed by atoms with Crippen LogP contribution >= 0.6 is 7.60 Å². The Morgan fingerprint density at radius 3 is 1.58 bits per heavy atom. The second kappa shape index (κ2) is 8.67. The standard InChI is InChI=1S/C29H44O3P/c1-26(2,3)21-14-19(15-22(17-21)27(4,5)6)13-20-16-23(28(7,8)9)18-24(29(10,11)12)25(20)33(30,31)32/h14,16-18H,13H2,1-12H3,(H2,30,31,32). The lowest BCUT2D eigenvalue weighted by atomic mass is 9.77. The second-order valence-electron chi connectivity index (χ2n) is 13.6. The van der Waals surface area contributed by atoms with Crippen molar-refractivity contribution in [2.75, 3.05) is 0 Å². The maximum absolute atomic E-state index is 12.8. The molecule has 0 unspecified atom stereocenters. The highest BCUT2D eigenvalue weighted by Gasteiger charge is 2.33. The fraction of sp³-hybridized carbons (Fsp3) is 0.586. The molecule has 0 heterocycles. The lowest BCUT2D eigenvalue weighted by Gasteiger charge is -2.30. The van der Waals surface area contributed by atoms with Gasteiger partial charge >= 0.3 is 7.60 Å². The van der Waals surface area contributed by atoms with Gasteiger partial charge < -0.3 is 9.79 Å². The molecule has 33 heavy (non-hydrogen) atoms. The molecular formula is C29H44O3P. The lowest BCUT2D eigenvalue weighted by Crippen LogP contribution is -2.28. The van der Waals surface area contributed by atoms with Crippen molar-refractivity contribution in [2.45, 2.75) is 111 Å². The van der Waals surface area contributed by atoms with Gasteiger partial charge in [-0.15, -0.1) is 0 Å². The molecule has 2 aromatic carbocycles. The number of hydrogen-bond acceptors (Lipinski definition) is 1. The van der Waals surface area contributed by atoms with Crippen molar-refractivity contribution in [1.82, 2.24) is 0 Å². The van der Waals surface area contributed by atoms with Crippen LogP contribution in [0.3, 0.4) is 0 Å². The Kier molecular flexibility index (Phi) is 7.31. The van der Waals surface area contributed by atoms with Crippen molar-refractivity contribution < 1.29 is 14.4 Å². The highest BCUT2D eigenvalue weighted by molar-refractivity contribution is 7.60. The monoisotopic (exact) mass is 471 g/mol. The van der Waals surface area contributed by atoms with Crippen LogP contribution in [0.5, 0.6) is 0 Å². The third-order valence-electron chi connectivity index (χ3n) is 6.13. The topological polar surface area (TPSA) is 57.5 Å². The van der Waals surface area contributed by atoms with E-state index in [0.29, 0.717) is 12.0 Å². The van der Waals surface area contributed by atoms with Gasteiger partial charge in [0.2, 0.25) is 0 Å². The van der Waals surface area contributed by atoms with Crippen LogP contribution in [0.1, 0.15) is 116 Å². The molecule has 4 heteroatoms. The Balaban J connectivity index is 2.89. The van der Waals surface area contributed by atoms with E-state index >= 15 is 0 Å². The predicted octanol–water partition coefficient (Wildman–Crippen LogP) is 7.07. The molecule has 3 nitrogen and oxygen atoms in total. The third-order valence-corrected chi connectivity index (χ3v) is 7.24. The van der Waals surface area contributed by atoms with Gasteiger partial charge in [-0.1, -0.05) is 107 Å². The van der Waals surface area contributed by atoms with E-state index in [1.807, 2.05) is 32.9 Å². The molecule has 0 saturated heterocycles. The first kappa shape index (κ1) is 27.8. The molecule has 0 amide bonds. The van der Waals surface area contributed by atoms with Crippen LogP contribution in [0.25, 0.3) is 0 Å². The van der Waals surface area contributed by atoms with E-state index in [4.69, 9.17) is 0 Å². The van der Waals surface area contributed by atoms with E-state index in [1.165, 1.54) is 5.56 Å². The molecule has 0 aliphatic heterocycles. The minimum atomic E-state index is -4.50. The van der Waals surface area contributed by atoms with Gasteiger partial charge in [-0.3, -0.25) is 4.57 Å². The number of rotatable bonds is 3. The summed E-state index contributed by atoms with van der Waals surface area (Å²) >= 11 is 0. The zero-order chi connectivity index (χ0) is 25.8. The van der Waals surface area contributed by atoms with Crippen LogP contribution in [-0.2, 0) is 32.6 Å². The summed E-state index contributed by atoms with van der Waals surface area (Å²) < 4.78 is 12.8. The Bertz CT molecular complexity index is 1030. The molecular weight excluding hydrogens is 427 g/mol. The van der Waals surface area contributed by atoms with Crippen LogP contribution in [-0.4, -0.2) is 9.79 Å². The van der Waals surface area contributed by atoms with Crippen LogP contribution in [0.2, 0.25) is 0 Å². The summed E-state index contributed by atoms with van der Waals surface area (Å²) in [5, 5.41) is 0.176. The van der Waals surface area contributed by atoms with Crippen LogP contribution in [0.4, 0.5) is 0 Å². The van der Waals surface area contributed by atoms with Gasteiger partial charge in [0.25, 0.3) is 0 Å². The van der Waals surface area contributed by atoms with E-state index in [9.17, 15) is 14.4 Å². The van der Waals surface area contributed by atoms with E-state index < -0.39 is 13.0 Å². The van der Waals surface area contributed by atoms with Gasteiger partial charge in [0.15, 0.2) is 0 Å². The van der Waals surface area contributed by atoms with Gasteiger partial charge in [0.05, 0.1) is 5.30 Å². The molecule has 2 rings (SSSR count). The lowest BCUT2D eigenvalue weighted by molar-refractivity contribution is 0.386. The Morgan fingerprint density at radius 1 is 0.697 bits per heavy atom. The van der Waals surface area contributed by atoms with Crippen molar-refractivity contribution in [2.24, 2.45) is 0 Å². The molecule has 1 radical (unpaired) electrons. The van der Waals surface area contributed by atoms with E-state index in [-0.39, 0.29) is 21.5 Å². The average Bonchev–Trinajstić information content (AvgIpc) is 2.56. The average molecular weight is 472 g/mol. The largest absolute Gasteiger partial charge is 0.356 e. The minimum Gasteiger partial charge on any atom is -0.321 e. The second-order valence-corrected chi connectivity index (χ2v) is 15.1. The first-order chi connectivity index (χ1) is 14.5. The fourth-order valence-corrected chi connectivity index (χ4v) is 5.18. The van der Waals surface area contributed by atoms with Gasteiger partial charge in [-0.25, -0.2) is 0 Å².